The summed E-state index contributed by atoms with van der Waals surface area (Å²) in [5.41, 5.74) is 0. The highest BCUT2D eigenvalue weighted by molar-refractivity contribution is 6.56. The third-order valence-electron chi connectivity index (χ3n) is 1.43. The molecule has 0 nitrogen and oxygen atoms in total. The van der Waals surface area contributed by atoms with E-state index in [1.807, 2.05) is 24.3 Å². The molecule has 0 saturated carbocycles. The Bertz CT molecular complexity index is 199. The molecule has 1 aliphatic carbocycles. The van der Waals surface area contributed by atoms with Crippen LogP contribution < -0.4 is 0 Å². The fraction of sp³-hybridized carbons (Fsp3) is 0.250. The molecule has 0 aromatic heterocycles. The van der Waals surface area contributed by atoms with Crippen molar-refractivity contribution in [3.05, 3.63) is 34.9 Å². The molecule has 0 heterocycles. The largest absolute Gasteiger partial charge is 0.117 e. The van der Waals surface area contributed by atoms with Gasteiger partial charge in [-0.05, 0) is 6.08 Å². The minimum atomic E-state index is -0.144. The monoisotopic (exact) mass is 208 g/mol. The van der Waals surface area contributed by atoms with Crippen molar-refractivity contribution in [1.29, 1.82) is 0 Å². The fourth-order valence-electron chi connectivity index (χ4n) is 0.893. The first-order chi connectivity index (χ1) is 5.20. The Morgan fingerprint density at radius 3 is 2.27 bits per heavy atom. The number of hydrogen-bond donors (Lipinski definition) is 0. The van der Waals surface area contributed by atoms with Crippen molar-refractivity contribution >= 4 is 34.8 Å². The Labute approximate surface area is 81.1 Å². The van der Waals surface area contributed by atoms with E-state index in [1.165, 1.54) is 0 Å². The van der Waals surface area contributed by atoms with Gasteiger partial charge in [-0.15, -0.1) is 11.6 Å². The molecule has 0 radical (unpaired) electrons. The standard InChI is InChI=1S/C8H7Cl3/c9-7(5-8(10)11)6-3-1-2-4-6/h1-7H. The molecule has 0 saturated heterocycles. The van der Waals surface area contributed by atoms with Crippen LogP contribution in [0.15, 0.2) is 34.9 Å². The lowest BCUT2D eigenvalue weighted by molar-refractivity contribution is 0.853. The summed E-state index contributed by atoms with van der Waals surface area (Å²) in [6.45, 7) is 0. The molecule has 1 rings (SSSR count). The lowest BCUT2D eigenvalue weighted by Crippen LogP contribution is -2.04. The van der Waals surface area contributed by atoms with E-state index in [4.69, 9.17) is 34.8 Å². The van der Waals surface area contributed by atoms with E-state index < -0.39 is 0 Å². The van der Waals surface area contributed by atoms with Gasteiger partial charge in [0.25, 0.3) is 0 Å². The van der Waals surface area contributed by atoms with E-state index in [-0.39, 0.29) is 15.8 Å². The van der Waals surface area contributed by atoms with Crippen LogP contribution in [0.5, 0.6) is 0 Å². The number of allylic oxidation sites excluding steroid dienone is 5. The van der Waals surface area contributed by atoms with Crippen LogP contribution in [0.1, 0.15) is 0 Å². The summed E-state index contributed by atoms with van der Waals surface area (Å²) < 4.78 is 0.221. The number of alkyl halides is 1. The summed E-state index contributed by atoms with van der Waals surface area (Å²) in [4.78, 5) is 0. The van der Waals surface area contributed by atoms with Crippen LogP contribution in [0, 0.1) is 5.92 Å². The van der Waals surface area contributed by atoms with Gasteiger partial charge in [0.2, 0.25) is 0 Å². The van der Waals surface area contributed by atoms with Crippen LogP contribution >= 0.6 is 34.8 Å². The summed E-state index contributed by atoms with van der Waals surface area (Å²) in [6.07, 6.45) is 9.54. The second kappa shape index (κ2) is 4.20. The van der Waals surface area contributed by atoms with E-state index in [0.717, 1.165) is 0 Å². The predicted molar refractivity (Wildman–Crippen MR) is 51.2 cm³/mol. The van der Waals surface area contributed by atoms with Gasteiger partial charge in [-0.25, -0.2) is 0 Å². The Hall–Kier alpha value is 0.0900. The van der Waals surface area contributed by atoms with Gasteiger partial charge in [0.05, 0.1) is 5.38 Å². The van der Waals surface area contributed by atoms with Crippen molar-refractivity contribution in [2.24, 2.45) is 5.92 Å². The van der Waals surface area contributed by atoms with Crippen LogP contribution in [0.3, 0.4) is 0 Å². The maximum Gasteiger partial charge on any atom is 0.104 e. The first-order valence-corrected chi connectivity index (χ1v) is 4.41. The molecule has 1 unspecified atom stereocenters. The Kier molecular flexibility index (Phi) is 3.50. The van der Waals surface area contributed by atoms with Gasteiger partial charge in [-0.1, -0.05) is 47.5 Å². The van der Waals surface area contributed by atoms with Crippen molar-refractivity contribution in [2.45, 2.75) is 5.38 Å². The van der Waals surface area contributed by atoms with Crippen molar-refractivity contribution in [3.63, 3.8) is 0 Å². The summed E-state index contributed by atoms with van der Waals surface area (Å²) in [5.74, 6) is 0.226. The van der Waals surface area contributed by atoms with Crippen molar-refractivity contribution in [3.8, 4) is 0 Å². The van der Waals surface area contributed by atoms with E-state index in [0.29, 0.717) is 0 Å². The van der Waals surface area contributed by atoms with Crippen molar-refractivity contribution in [2.75, 3.05) is 0 Å². The molecule has 1 aliphatic rings. The van der Waals surface area contributed by atoms with Crippen LogP contribution in [0.4, 0.5) is 0 Å². The normalized spacial score (nSPS) is 18.8. The molecule has 0 bridgehead atoms. The van der Waals surface area contributed by atoms with Gasteiger partial charge >= 0.3 is 0 Å². The van der Waals surface area contributed by atoms with Gasteiger partial charge < -0.3 is 0 Å². The van der Waals surface area contributed by atoms with Crippen LogP contribution in [0.25, 0.3) is 0 Å². The lowest BCUT2D eigenvalue weighted by atomic mass is 10.1. The Balaban J connectivity index is 2.54. The van der Waals surface area contributed by atoms with Gasteiger partial charge in [0.1, 0.15) is 4.49 Å². The van der Waals surface area contributed by atoms with Gasteiger partial charge in [0, 0.05) is 5.92 Å². The first-order valence-electron chi connectivity index (χ1n) is 3.22. The first kappa shape index (κ1) is 9.18. The SMILES string of the molecule is ClC(Cl)=CC(Cl)C1C=CC=C1. The molecule has 0 aromatic carbocycles. The lowest BCUT2D eigenvalue weighted by Gasteiger charge is -2.07. The minimum Gasteiger partial charge on any atom is -0.117 e. The highest BCUT2D eigenvalue weighted by Crippen LogP contribution is 2.22. The molecule has 0 spiro atoms. The molecule has 1 atom stereocenters. The van der Waals surface area contributed by atoms with Gasteiger partial charge in [-0.2, -0.15) is 0 Å². The molecule has 3 heteroatoms. The molecule has 0 fully saturated rings. The molecule has 0 aliphatic heterocycles. The number of halogens is 3. The second-order valence-corrected chi connectivity index (χ2v) is 3.76. The van der Waals surface area contributed by atoms with Gasteiger partial charge in [-0.3, -0.25) is 0 Å². The van der Waals surface area contributed by atoms with Crippen LogP contribution in [-0.2, 0) is 0 Å². The maximum atomic E-state index is 5.93. The zero-order chi connectivity index (χ0) is 8.27. The molecule has 0 N–H and O–H groups in total. The predicted octanol–water partition coefficient (Wildman–Crippen LogP) is 3.66. The highest BCUT2D eigenvalue weighted by atomic mass is 35.5. The van der Waals surface area contributed by atoms with Crippen LogP contribution in [0.2, 0.25) is 0 Å². The minimum absolute atomic E-state index is 0.144. The third kappa shape index (κ3) is 2.90. The number of rotatable bonds is 2. The average Bonchev–Trinajstić information content (AvgIpc) is 2.35. The quantitative estimate of drug-likeness (QED) is 0.609. The molecular weight excluding hydrogens is 202 g/mol. The average molecular weight is 210 g/mol. The summed E-state index contributed by atoms with van der Waals surface area (Å²) >= 11 is 16.8. The second-order valence-electron chi connectivity index (χ2n) is 2.25. The summed E-state index contributed by atoms with van der Waals surface area (Å²) in [7, 11) is 0. The molecule has 0 amide bonds. The molecular formula is C8H7Cl3. The third-order valence-corrected chi connectivity index (χ3v) is 2.10. The van der Waals surface area contributed by atoms with Crippen molar-refractivity contribution in [1.82, 2.24) is 0 Å². The highest BCUT2D eigenvalue weighted by Gasteiger charge is 2.13. The summed E-state index contributed by atoms with van der Waals surface area (Å²) in [6, 6.07) is 0. The van der Waals surface area contributed by atoms with E-state index in [9.17, 15) is 0 Å². The zero-order valence-corrected chi connectivity index (χ0v) is 7.94. The van der Waals surface area contributed by atoms with E-state index in [2.05, 4.69) is 0 Å². The van der Waals surface area contributed by atoms with Gasteiger partial charge in [0.15, 0.2) is 0 Å². The Morgan fingerprint density at radius 1 is 1.27 bits per heavy atom. The van der Waals surface area contributed by atoms with E-state index >= 15 is 0 Å². The number of hydrogen-bond acceptors (Lipinski definition) is 0. The molecule has 11 heavy (non-hydrogen) atoms. The summed E-state index contributed by atoms with van der Waals surface area (Å²) in [5, 5.41) is -0.144. The Morgan fingerprint density at radius 2 is 1.82 bits per heavy atom. The van der Waals surface area contributed by atoms with Crippen LogP contribution in [-0.4, -0.2) is 5.38 Å². The molecule has 0 aromatic rings. The fourth-order valence-corrected chi connectivity index (χ4v) is 1.59. The topological polar surface area (TPSA) is 0 Å². The molecule has 60 valence electrons. The van der Waals surface area contributed by atoms with E-state index in [1.54, 1.807) is 6.08 Å². The smallest absolute Gasteiger partial charge is 0.104 e. The van der Waals surface area contributed by atoms with Crippen molar-refractivity contribution < 1.29 is 0 Å². The zero-order valence-electron chi connectivity index (χ0n) is 5.68. The maximum absolute atomic E-state index is 5.93.